The van der Waals surface area contributed by atoms with Crippen molar-refractivity contribution in [3.05, 3.63) is 59.2 Å². The summed E-state index contributed by atoms with van der Waals surface area (Å²) >= 11 is 1.30. The first kappa shape index (κ1) is 17.6. The quantitative estimate of drug-likeness (QED) is 0.384. The molecule has 6 heteroatoms. The van der Waals surface area contributed by atoms with Gasteiger partial charge in [0.25, 0.3) is 5.91 Å². The first-order valence-electron chi connectivity index (χ1n) is 7.30. The molecule has 0 saturated heterocycles. The summed E-state index contributed by atoms with van der Waals surface area (Å²) in [5, 5.41) is 14.6. The fourth-order valence-electron chi connectivity index (χ4n) is 2.06. The van der Waals surface area contributed by atoms with Crippen LogP contribution in [-0.4, -0.2) is 17.3 Å². The Morgan fingerprint density at radius 2 is 1.92 bits per heavy atom. The van der Waals surface area contributed by atoms with Crippen LogP contribution in [0.15, 0.2) is 47.5 Å². The summed E-state index contributed by atoms with van der Waals surface area (Å²) in [6.45, 7) is 4.03. The van der Waals surface area contributed by atoms with Crippen LogP contribution in [0.3, 0.4) is 0 Å². The topological polar surface area (TPSA) is 77.3 Å². The molecular weight excluding hydrogens is 320 g/mol. The second-order valence-electron chi connectivity index (χ2n) is 5.13. The molecule has 0 aliphatic carbocycles. The summed E-state index contributed by atoms with van der Waals surface area (Å²) in [7, 11) is 0. The van der Waals surface area contributed by atoms with E-state index < -0.39 is 0 Å². The molecule has 2 aromatic carbocycles. The minimum absolute atomic E-state index is 0.241. The Bertz CT molecular complexity index is 824. The smallest absolute Gasteiger partial charge is 0.257 e. The standard InChI is InChI=1S/C18H18N4OS/c1-12-8-9-14(10-13(12)2)21-17(23)15-6-4-5-7-16(15)22-18(24-3)20-11-19/h4-10H,1-3H3,(H,20,22)(H,21,23). The molecule has 5 nitrogen and oxygen atoms in total. The van der Waals surface area contributed by atoms with Crippen LogP contribution in [0.1, 0.15) is 21.5 Å². The van der Waals surface area contributed by atoms with Crippen LogP contribution in [0.4, 0.5) is 11.4 Å². The largest absolute Gasteiger partial charge is 0.322 e. The molecule has 2 N–H and O–H groups in total. The number of thioether (sulfide) groups is 1. The summed E-state index contributed by atoms with van der Waals surface area (Å²) in [5.41, 5.74) is 3.97. The Kier molecular flexibility index (Phi) is 5.99. The number of para-hydroxylation sites is 1. The molecule has 0 aromatic heterocycles. The van der Waals surface area contributed by atoms with Crippen LogP contribution in [0.5, 0.6) is 0 Å². The lowest BCUT2D eigenvalue weighted by Crippen LogP contribution is -2.15. The summed E-state index contributed by atoms with van der Waals surface area (Å²) in [6, 6.07) is 12.8. The van der Waals surface area contributed by atoms with Crippen LogP contribution in [0.2, 0.25) is 0 Å². The fourth-order valence-corrected chi connectivity index (χ4v) is 2.40. The molecule has 0 heterocycles. The van der Waals surface area contributed by atoms with Gasteiger partial charge >= 0.3 is 0 Å². The second kappa shape index (κ2) is 8.18. The number of carbonyl (C=O) groups is 1. The van der Waals surface area contributed by atoms with E-state index in [9.17, 15) is 4.79 Å². The lowest BCUT2D eigenvalue weighted by Gasteiger charge is -2.10. The summed E-state index contributed by atoms with van der Waals surface area (Å²) in [6.07, 6.45) is 3.64. The van der Waals surface area contributed by atoms with E-state index >= 15 is 0 Å². The van der Waals surface area contributed by atoms with E-state index in [0.29, 0.717) is 16.4 Å². The number of rotatable bonds is 3. The van der Waals surface area contributed by atoms with Crippen molar-refractivity contribution in [2.45, 2.75) is 13.8 Å². The Morgan fingerprint density at radius 1 is 1.17 bits per heavy atom. The average molecular weight is 338 g/mol. The van der Waals surface area contributed by atoms with E-state index in [0.717, 1.165) is 11.3 Å². The molecule has 0 aliphatic rings. The SMILES string of the molecule is CSC(=Nc1ccccc1C(=O)Nc1ccc(C)c(C)c1)NC#N. The Balaban J connectivity index is 2.30. The molecular formula is C18H18N4OS. The van der Waals surface area contributed by atoms with Gasteiger partial charge < -0.3 is 5.32 Å². The Hall–Kier alpha value is -2.78. The lowest BCUT2D eigenvalue weighted by atomic mass is 10.1. The number of benzene rings is 2. The van der Waals surface area contributed by atoms with E-state index in [1.807, 2.05) is 38.2 Å². The van der Waals surface area contributed by atoms with Crippen LogP contribution < -0.4 is 10.6 Å². The highest BCUT2D eigenvalue weighted by molar-refractivity contribution is 8.13. The lowest BCUT2D eigenvalue weighted by molar-refractivity contribution is 0.102. The number of aliphatic imine (C=N–C) groups is 1. The zero-order valence-corrected chi connectivity index (χ0v) is 14.6. The number of nitrogens with one attached hydrogen (secondary N) is 2. The summed E-state index contributed by atoms with van der Waals surface area (Å²) < 4.78 is 0. The predicted molar refractivity (Wildman–Crippen MR) is 99.7 cm³/mol. The van der Waals surface area contributed by atoms with Gasteiger partial charge in [0.2, 0.25) is 0 Å². The van der Waals surface area contributed by atoms with E-state index in [4.69, 9.17) is 5.26 Å². The van der Waals surface area contributed by atoms with Crippen molar-refractivity contribution in [3.63, 3.8) is 0 Å². The van der Waals surface area contributed by atoms with Crippen LogP contribution in [0, 0.1) is 25.3 Å². The number of anilines is 1. The maximum absolute atomic E-state index is 12.6. The van der Waals surface area contributed by atoms with E-state index in [2.05, 4.69) is 15.6 Å². The maximum Gasteiger partial charge on any atom is 0.257 e. The molecule has 24 heavy (non-hydrogen) atoms. The number of amidine groups is 1. The van der Waals surface area contributed by atoms with Crippen molar-refractivity contribution in [2.24, 2.45) is 4.99 Å². The van der Waals surface area contributed by atoms with Gasteiger partial charge in [0.1, 0.15) is 0 Å². The van der Waals surface area contributed by atoms with Gasteiger partial charge in [0, 0.05) is 5.69 Å². The van der Waals surface area contributed by atoms with Gasteiger partial charge in [-0.25, -0.2) is 4.99 Å². The Morgan fingerprint density at radius 3 is 2.58 bits per heavy atom. The third kappa shape index (κ3) is 4.37. The summed E-state index contributed by atoms with van der Waals surface area (Å²) in [4.78, 5) is 16.9. The number of hydrogen-bond donors (Lipinski definition) is 2. The Labute approximate surface area is 145 Å². The van der Waals surface area contributed by atoms with Gasteiger partial charge in [0.05, 0.1) is 11.3 Å². The maximum atomic E-state index is 12.6. The molecule has 1 amide bonds. The van der Waals surface area contributed by atoms with Gasteiger partial charge in [-0.05, 0) is 55.5 Å². The van der Waals surface area contributed by atoms with Crippen LogP contribution in [0.25, 0.3) is 0 Å². The molecule has 0 saturated carbocycles. The zero-order valence-electron chi connectivity index (χ0n) is 13.8. The number of hydrogen-bond acceptors (Lipinski definition) is 4. The minimum Gasteiger partial charge on any atom is -0.322 e. The minimum atomic E-state index is -0.241. The first-order chi connectivity index (χ1) is 11.5. The molecule has 0 atom stereocenters. The molecule has 122 valence electrons. The van der Waals surface area contributed by atoms with Crippen molar-refractivity contribution in [3.8, 4) is 6.19 Å². The van der Waals surface area contributed by atoms with Crippen LogP contribution >= 0.6 is 11.8 Å². The highest BCUT2D eigenvalue weighted by Gasteiger charge is 2.12. The van der Waals surface area contributed by atoms with Gasteiger partial charge in [-0.15, -0.1) is 0 Å². The average Bonchev–Trinajstić information content (AvgIpc) is 2.58. The molecule has 0 bridgehead atoms. The molecule has 2 aromatic rings. The molecule has 0 aliphatic heterocycles. The number of nitriles is 1. The van der Waals surface area contributed by atoms with Crippen molar-refractivity contribution in [1.29, 1.82) is 5.26 Å². The van der Waals surface area contributed by atoms with Gasteiger partial charge in [-0.2, -0.15) is 5.26 Å². The number of aryl methyl sites for hydroxylation is 2. The van der Waals surface area contributed by atoms with E-state index in [1.54, 1.807) is 30.5 Å². The van der Waals surface area contributed by atoms with Crippen LogP contribution in [-0.2, 0) is 0 Å². The molecule has 0 unspecified atom stereocenters. The van der Waals surface area contributed by atoms with Gasteiger partial charge in [0.15, 0.2) is 11.4 Å². The summed E-state index contributed by atoms with van der Waals surface area (Å²) in [5.74, 6) is -0.241. The van der Waals surface area contributed by atoms with Crippen molar-refractivity contribution >= 4 is 34.2 Å². The molecule has 0 radical (unpaired) electrons. The third-order valence-electron chi connectivity index (χ3n) is 3.49. The normalized spacial score (nSPS) is 10.8. The molecule has 2 rings (SSSR count). The number of carbonyl (C=O) groups excluding carboxylic acids is 1. The predicted octanol–water partition coefficient (Wildman–Crippen LogP) is 3.98. The highest BCUT2D eigenvalue weighted by atomic mass is 32.2. The van der Waals surface area contributed by atoms with Crippen molar-refractivity contribution in [1.82, 2.24) is 5.32 Å². The highest BCUT2D eigenvalue weighted by Crippen LogP contribution is 2.22. The first-order valence-corrected chi connectivity index (χ1v) is 8.53. The second-order valence-corrected chi connectivity index (χ2v) is 5.92. The number of amides is 1. The fraction of sp³-hybridized carbons (Fsp3) is 0.167. The van der Waals surface area contributed by atoms with Gasteiger partial charge in [-0.1, -0.05) is 30.0 Å². The van der Waals surface area contributed by atoms with Crippen molar-refractivity contribution < 1.29 is 4.79 Å². The van der Waals surface area contributed by atoms with Crippen molar-refractivity contribution in [2.75, 3.05) is 11.6 Å². The monoisotopic (exact) mass is 338 g/mol. The zero-order chi connectivity index (χ0) is 17.5. The third-order valence-corrected chi connectivity index (χ3v) is 4.07. The van der Waals surface area contributed by atoms with Gasteiger partial charge in [-0.3, -0.25) is 10.1 Å². The van der Waals surface area contributed by atoms with E-state index in [1.165, 1.54) is 17.3 Å². The van der Waals surface area contributed by atoms with E-state index in [-0.39, 0.29) is 5.91 Å². The molecule has 0 spiro atoms. The number of nitrogens with zero attached hydrogens (tertiary/aromatic N) is 2. The molecule has 0 fully saturated rings.